The molecule has 0 spiro atoms. The Morgan fingerprint density at radius 1 is 1.38 bits per heavy atom. The molecule has 4 atom stereocenters. The SMILES string of the molecule is COC[C@H]1O[C@@H](n2cnc3c(C)nc(F)nc32)[C@H](O)[C@@H]1O. The minimum absolute atomic E-state index is 0.129. The zero-order valence-corrected chi connectivity index (χ0v) is 11.5. The molecule has 0 bridgehead atoms. The Hall–Kier alpha value is -1.68. The van der Waals surface area contributed by atoms with E-state index in [-0.39, 0.29) is 12.3 Å². The summed E-state index contributed by atoms with van der Waals surface area (Å²) < 4.78 is 25.3. The number of aliphatic hydroxyl groups is 2. The molecule has 0 saturated carbocycles. The van der Waals surface area contributed by atoms with Gasteiger partial charge in [0.2, 0.25) is 0 Å². The maximum Gasteiger partial charge on any atom is 0.310 e. The number of aryl methyl sites for hydroxylation is 1. The van der Waals surface area contributed by atoms with Crippen molar-refractivity contribution in [3.63, 3.8) is 0 Å². The van der Waals surface area contributed by atoms with E-state index in [1.54, 1.807) is 6.92 Å². The lowest BCUT2D eigenvalue weighted by Gasteiger charge is -2.16. The molecule has 0 aliphatic carbocycles. The second-order valence-electron chi connectivity index (χ2n) is 4.90. The van der Waals surface area contributed by atoms with Crippen molar-refractivity contribution in [1.29, 1.82) is 0 Å². The van der Waals surface area contributed by atoms with Crippen LogP contribution in [0, 0.1) is 13.0 Å². The van der Waals surface area contributed by atoms with Gasteiger partial charge in [-0.1, -0.05) is 0 Å². The van der Waals surface area contributed by atoms with Crippen LogP contribution in [0.25, 0.3) is 11.2 Å². The first-order valence-electron chi connectivity index (χ1n) is 6.40. The largest absolute Gasteiger partial charge is 0.387 e. The topological polar surface area (TPSA) is 103 Å². The van der Waals surface area contributed by atoms with Gasteiger partial charge < -0.3 is 19.7 Å². The smallest absolute Gasteiger partial charge is 0.310 e. The molecule has 21 heavy (non-hydrogen) atoms. The Labute approximate surface area is 119 Å². The van der Waals surface area contributed by atoms with Gasteiger partial charge >= 0.3 is 6.08 Å². The van der Waals surface area contributed by atoms with E-state index >= 15 is 0 Å². The van der Waals surface area contributed by atoms with Crippen LogP contribution in [0.2, 0.25) is 0 Å². The van der Waals surface area contributed by atoms with Gasteiger partial charge in [-0.2, -0.15) is 9.37 Å². The lowest BCUT2D eigenvalue weighted by atomic mass is 10.1. The Morgan fingerprint density at radius 3 is 2.86 bits per heavy atom. The zero-order chi connectivity index (χ0) is 15.1. The van der Waals surface area contributed by atoms with E-state index in [2.05, 4.69) is 15.0 Å². The normalized spacial score (nSPS) is 29.4. The number of fused-ring (bicyclic) bond motifs is 1. The van der Waals surface area contributed by atoms with E-state index in [4.69, 9.17) is 9.47 Å². The highest BCUT2D eigenvalue weighted by atomic mass is 19.1. The predicted octanol–water partition coefficient (Wildman–Crippen LogP) is -0.461. The highest BCUT2D eigenvalue weighted by Gasteiger charge is 2.44. The highest BCUT2D eigenvalue weighted by molar-refractivity contribution is 5.72. The summed E-state index contributed by atoms with van der Waals surface area (Å²) in [7, 11) is 1.47. The average molecular weight is 298 g/mol. The van der Waals surface area contributed by atoms with Crippen molar-refractivity contribution in [2.75, 3.05) is 13.7 Å². The van der Waals surface area contributed by atoms with E-state index in [9.17, 15) is 14.6 Å². The number of nitrogens with zero attached hydrogens (tertiary/aromatic N) is 4. The van der Waals surface area contributed by atoms with Crippen LogP contribution in [-0.2, 0) is 9.47 Å². The fourth-order valence-corrected chi connectivity index (χ4v) is 2.47. The molecule has 0 radical (unpaired) electrons. The molecule has 2 N–H and O–H groups in total. The van der Waals surface area contributed by atoms with Gasteiger partial charge in [0.1, 0.15) is 23.8 Å². The van der Waals surface area contributed by atoms with Gasteiger partial charge in [0.25, 0.3) is 0 Å². The second-order valence-corrected chi connectivity index (χ2v) is 4.90. The summed E-state index contributed by atoms with van der Waals surface area (Å²) in [4.78, 5) is 11.4. The third kappa shape index (κ3) is 2.27. The summed E-state index contributed by atoms with van der Waals surface area (Å²) in [5.74, 6) is 0. The molecular weight excluding hydrogens is 283 g/mol. The van der Waals surface area contributed by atoms with Crippen molar-refractivity contribution in [2.45, 2.75) is 31.5 Å². The molecule has 1 aliphatic rings. The van der Waals surface area contributed by atoms with Crippen LogP contribution >= 0.6 is 0 Å². The summed E-state index contributed by atoms with van der Waals surface area (Å²) >= 11 is 0. The van der Waals surface area contributed by atoms with Gasteiger partial charge in [0.05, 0.1) is 18.6 Å². The number of ether oxygens (including phenoxy) is 2. The van der Waals surface area contributed by atoms with Gasteiger partial charge in [-0.3, -0.25) is 4.57 Å². The number of halogens is 1. The minimum atomic E-state index is -1.19. The number of imidazole rings is 1. The van der Waals surface area contributed by atoms with Crippen LogP contribution in [0.3, 0.4) is 0 Å². The summed E-state index contributed by atoms with van der Waals surface area (Å²) in [6, 6.07) is 0. The molecule has 0 unspecified atom stereocenters. The van der Waals surface area contributed by atoms with Gasteiger partial charge in [0.15, 0.2) is 11.9 Å². The maximum atomic E-state index is 13.4. The van der Waals surface area contributed by atoms with Crippen molar-refractivity contribution in [2.24, 2.45) is 0 Å². The van der Waals surface area contributed by atoms with Crippen LogP contribution in [0.4, 0.5) is 4.39 Å². The first-order valence-corrected chi connectivity index (χ1v) is 6.40. The monoisotopic (exact) mass is 298 g/mol. The second kappa shape index (κ2) is 5.26. The molecule has 0 aromatic carbocycles. The third-order valence-electron chi connectivity index (χ3n) is 3.51. The minimum Gasteiger partial charge on any atom is -0.387 e. The molecule has 2 aromatic rings. The Morgan fingerprint density at radius 2 is 2.14 bits per heavy atom. The van der Waals surface area contributed by atoms with E-state index in [1.165, 1.54) is 18.0 Å². The highest BCUT2D eigenvalue weighted by Crippen LogP contribution is 2.31. The molecular formula is C12H15FN4O4. The summed E-state index contributed by atoms with van der Waals surface area (Å²) in [5.41, 5.74) is 1.00. The molecule has 1 saturated heterocycles. The predicted molar refractivity (Wildman–Crippen MR) is 67.8 cm³/mol. The lowest BCUT2D eigenvalue weighted by Crippen LogP contribution is -2.33. The first kappa shape index (κ1) is 14.3. The number of rotatable bonds is 3. The number of hydrogen-bond acceptors (Lipinski definition) is 7. The van der Waals surface area contributed by atoms with Gasteiger partial charge in [-0.25, -0.2) is 9.97 Å². The molecule has 3 rings (SSSR count). The number of hydrogen-bond donors (Lipinski definition) is 2. The van der Waals surface area contributed by atoms with E-state index in [0.717, 1.165) is 0 Å². The molecule has 1 fully saturated rings. The Bertz CT molecular complexity index is 664. The van der Waals surface area contributed by atoms with Crippen LogP contribution in [-0.4, -0.2) is 61.8 Å². The number of aliphatic hydroxyl groups excluding tert-OH is 2. The standard InChI is InChI=1S/C12H15FN4O4/c1-5-7-10(16-12(13)15-5)17(4-14-7)11-9(19)8(18)6(21-11)3-20-2/h4,6,8-9,11,18-19H,3H2,1-2H3/t6-,8-,9-,11-/m1/s1. The summed E-state index contributed by atoms with van der Waals surface area (Å²) in [6.45, 7) is 1.74. The summed E-state index contributed by atoms with van der Waals surface area (Å²) in [6.07, 6.45) is -3.41. The van der Waals surface area contributed by atoms with Crippen molar-refractivity contribution >= 4 is 11.2 Å². The fourth-order valence-electron chi connectivity index (χ4n) is 2.47. The molecule has 3 heterocycles. The van der Waals surface area contributed by atoms with E-state index in [1.807, 2.05) is 0 Å². The number of aromatic nitrogens is 4. The van der Waals surface area contributed by atoms with Crippen LogP contribution in [0.1, 0.15) is 11.9 Å². The molecule has 9 heteroatoms. The first-order chi connectivity index (χ1) is 10.0. The van der Waals surface area contributed by atoms with Gasteiger partial charge in [0, 0.05) is 7.11 Å². The maximum absolute atomic E-state index is 13.4. The van der Waals surface area contributed by atoms with Crippen molar-refractivity contribution in [3.8, 4) is 0 Å². The van der Waals surface area contributed by atoms with Gasteiger partial charge in [-0.05, 0) is 6.92 Å². The van der Waals surface area contributed by atoms with Crippen LogP contribution in [0.5, 0.6) is 0 Å². The van der Waals surface area contributed by atoms with Crippen LogP contribution in [0.15, 0.2) is 6.33 Å². The molecule has 2 aromatic heterocycles. The Kier molecular flexibility index (Phi) is 3.57. The van der Waals surface area contributed by atoms with Gasteiger partial charge in [-0.15, -0.1) is 0 Å². The fraction of sp³-hybridized carbons (Fsp3) is 0.583. The zero-order valence-electron chi connectivity index (χ0n) is 11.5. The third-order valence-corrected chi connectivity index (χ3v) is 3.51. The molecule has 0 amide bonds. The van der Waals surface area contributed by atoms with Crippen molar-refractivity contribution in [1.82, 2.24) is 19.5 Å². The van der Waals surface area contributed by atoms with Crippen molar-refractivity contribution < 1.29 is 24.1 Å². The quantitative estimate of drug-likeness (QED) is 0.739. The van der Waals surface area contributed by atoms with E-state index in [0.29, 0.717) is 11.2 Å². The average Bonchev–Trinajstić information content (AvgIpc) is 2.96. The summed E-state index contributed by atoms with van der Waals surface area (Å²) in [5, 5.41) is 20.1. The number of methoxy groups -OCH3 is 1. The lowest BCUT2D eigenvalue weighted by molar-refractivity contribution is -0.0580. The molecule has 114 valence electrons. The Balaban J connectivity index is 2.01. The molecule has 1 aliphatic heterocycles. The van der Waals surface area contributed by atoms with Crippen molar-refractivity contribution in [3.05, 3.63) is 18.1 Å². The van der Waals surface area contributed by atoms with E-state index < -0.39 is 30.6 Å². The molecule has 8 nitrogen and oxygen atoms in total. The van der Waals surface area contributed by atoms with Crippen LogP contribution < -0.4 is 0 Å².